The third-order valence-electron chi connectivity index (χ3n) is 1.09. The Morgan fingerprint density at radius 3 is 2.46 bits per heavy atom. The maximum absolute atomic E-state index is 10.2. The first-order valence-corrected chi connectivity index (χ1v) is 4.05. The van der Waals surface area contributed by atoms with E-state index < -0.39 is 4.92 Å². The van der Waals surface area contributed by atoms with Crippen molar-refractivity contribution in [3.8, 4) is 0 Å². The number of rotatable bonds is 1. The van der Waals surface area contributed by atoms with E-state index >= 15 is 0 Å². The molecular weight excluding hydrogens is 194 g/mol. The molecular formula is C7H10ClN3O2. The van der Waals surface area contributed by atoms with Crippen LogP contribution >= 0.6 is 11.6 Å². The molecule has 0 amide bonds. The van der Waals surface area contributed by atoms with Crippen LogP contribution in [0.25, 0.3) is 0 Å². The fourth-order valence-corrected chi connectivity index (χ4v) is 0.848. The molecule has 0 aliphatic heterocycles. The number of nitrogens with zero attached hydrogens (tertiary/aromatic N) is 2. The Bertz CT molecular complexity index is 284. The largest absolute Gasteiger partial charge is 0.378 e. The Morgan fingerprint density at radius 1 is 1.62 bits per heavy atom. The van der Waals surface area contributed by atoms with E-state index in [-0.39, 0.29) is 16.5 Å². The van der Waals surface area contributed by atoms with Gasteiger partial charge in [0.15, 0.2) is 0 Å². The first kappa shape index (κ1) is 11.6. The lowest BCUT2D eigenvalue weighted by atomic mass is 10.4. The van der Waals surface area contributed by atoms with Gasteiger partial charge in [-0.1, -0.05) is 25.4 Å². The van der Waals surface area contributed by atoms with Gasteiger partial charge in [-0.2, -0.15) is 0 Å². The summed E-state index contributed by atoms with van der Waals surface area (Å²) < 4.78 is 0. The molecule has 1 aromatic rings. The lowest BCUT2D eigenvalue weighted by molar-refractivity contribution is -0.384. The molecule has 0 aliphatic rings. The van der Waals surface area contributed by atoms with Crippen LogP contribution in [0.1, 0.15) is 13.8 Å². The number of nitro groups is 1. The van der Waals surface area contributed by atoms with Crippen molar-refractivity contribution in [1.82, 2.24) is 4.98 Å². The van der Waals surface area contributed by atoms with E-state index in [4.69, 9.17) is 17.3 Å². The molecule has 0 aromatic carbocycles. The molecule has 0 saturated heterocycles. The molecule has 2 N–H and O–H groups in total. The van der Waals surface area contributed by atoms with E-state index in [2.05, 4.69) is 4.98 Å². The van der Waals surface area contributed by atoms with E-state index in [1.54, 1.807) is 0 Å². The number of anilines is 1. The van der Waals surface area contributed by atoms with Crippen LogP contribution < -0.4 is 5.73 Å². The molecule has 1 aromatic heterocycles. The third-order valence-corrected chi connectivity index (χ3v) is 1.39. The minimum Gasteiger partial charge on any atom is -0.378 e. The molecule has 1 rings (SSSR count). The number of hydrogen-bond acceptors (Lipinski definition) is 4. The van der Waals surface area contributed by atoms with Gasteiger partial charge in [0, 0.05) is 6.20 Å². The zero-order chi connectivity index (χ0) is 10.4. The fourth-order valence-electron chi connectivity index (χ4n) is 0.626. The zero-order valence-electron chi connectivity index (χ0n) is 7.32. The first-order chi connectivity index (χ1) is 6.13. The van der Waals surface area contributed by atoms with Crippen LogP contribution in [0.3, 0.4) is 0 Å². The van der Waals surface area contributed by atoms with Crippen LogP contribution in [-0.4, -0.2) is 9.91 Å². The van der Waals surface area contributed by atoms with E-state index in [1.807, 2.05) is 13.8 Å². The molecule has 1 heterocycles. The Hall–Kier alpha value is -1.36. The maximum Gasteiger partial charge on any atom is 0.329 e. The minimum atomic E-state index is -0.662. The molecule has 0 radical (unpaired) electrons. The molecule has 0 unspecified atom stereocenters. The molecule has 6 heteroatoms. The van der Waals surface area contributed by atoms with Crippen molar-refractivity contribution < 1.29 is 4.92 Å². The zero-order valence-corrected chi connectivity index (χ0v) is 8.08. The SMILES string of the molecule is CC.Nc1nccc(Cl)c1[N+](=O)[O-]. The lowest BCUT2D eigenvalue weighted by Crippen LogP contribution is -1.98. The standard InChI is InChI=1S/C5H4ClN3O2.C2H6/c6-3-1-2-8-5(7)4(3)9(10)11;1-2/h1-2H,(H2,7,8);1-2H3. The van der Waals surface area contributed by atoms with Crippen LogP contribution in [0.2, 0.25) is 5.02 Å². The van der Waals surface area contributed by atoms with Crippen LogP contribution in [0.4, 0.5) is 11.5 Å². The van der Waals surface area contributed by atoms with E-state index in [0.717, 1.165) is 0 Å². The van der Waals surface area contributed by atoms with Crippen molar-refractivity contribution >= 4 is 23.1 Å². The molecule has 0 saturated carbocycles. The van der Waals surface area contributed by atoms with Crippen LogP contribution in [0.5, 0.6) is 0 Å². The number of pyridine rings is 1. The van der Waals surface area contributed by atoms with Crippen molar-refractivity contribution in [3.63, 3.8) is 0 Å². The smallest absolute Gasteiger partial charge is 0.329 e. The Kier molecular flexibility index (Phi) is 4.76. The summed E-state index contributed by atoms with van der Waals surface area (Å²) in [6, 6.07) is 1.32. The summed E-state index contributed by atoms with van der Waals surface area (Å²) in [7, 11) is 0. The molecule has 72 valence electrons. The highest BCUT2D eigenvalue weighted by molar-refractivity contribution is 6.33. The van der Waals surface area contributed by atoms with E-state index in [1.165, 1.54) is 12.3 Å². The van der Waals surface area contributed by atoms with Gasteiger partial charge in [-0.15, -0.1) is 0 Å². The molecule has 13 heavy (non-hydrogen) atoms. The third kappa shape index (κ3) is 2.87. The lowest BCUT2D eigenvalue weighted by Gasteiger charge is -1.95. The number of hydrogen-bond donors (Lipinski definition) is 1. The average Bonchev–Trinajstić information content (AvgIpc) is 2.07. The summed E-state index contributed by atoms with van der Waals surface area (Å²) in [5.74, 6) is -0.164. The van der Waals surface area contributed by atoms with Crippen LogP contribution in [-0.2, 0) is 0 Å². The van der Waals surface area contributed by atoms with Crippen molar-refractivity contribution in [2.24, 2.45) is 0 Å². The summed E-state index contributed by atoms with van der Waals surface area (Å²) in [4.78, 5) is 13.1. The van der Waals surface area contributed by atoms with Gasteiger partial charge in [-0.25, -0.2) is 4.98 Å². The summed E-state index contributed by atoms with van der Waals surface area (Å²) in [5.41, 5.74) is 4.85. The van der Waals surface area contributed by atoms with Gasteiger partial charge in [-0.05, 0) is 6.07 Å². The Morgan fingerprint density at radius 2 is 2.15 bits per heavy atom. The van der Waals surface area contributed by atoms with Gasteiger partial charge < -0.3 is 5.73 Å². The van der Waals surface area contributed by atoms with E-state index in [9.17, 15) is 10.1 Å². The summed E-state index contributed by atoms with van der Waals surface area (Å²) in [6.45, 7) is 4.00. The number of aromatic nitrogens is 1. The van der Waals surface area contributed by atoms with Gasteiger partial charge in [0.1, 0.15) is 5.02 Å². The monoisotopic (exact) mass is 203 g/mol. The molecule has 5 nitrogen and oxygen atoms in total. The van der Waals surface area contributed by atoms with Crippen molar-refractivity contribution in [2.45, 2.75) is 13.8 Å². The van der Waals surface area contributed by atoms with Crippen molar-refractivity contribution in [3.05, 3.63) is 27.4 Å². The highest BCUT2D eigenvalue weighted by atomic mass is 35.5. The predicted molar refractivity (Wildman–Crippen MR) is 51.7 cm³/mol. The highest BCUT2D eigenvalue weighted by Crippen LogP contribution is 2.27. The topological polar surface area (TPSA) is 82.0 Å². The van der Waals surface area contributed by atoms with Crippen LogP contribution in [0.15, 0.2) is 12.3 Å². The van der Waals surface area contributed by atoms with Crippen molar-refractivity contribution in [1.29, 1.82) is 0 Å². The molecule has 0 atom stereocenters. The van der Waals surface area contributed by atoms with Crippen LogP contribution in [0, 0.1) is 10.1 Å². The fraction of sp³-hybridized carbons (Fsp3) is 0.286. The van der Waals surface area contributed by atoms with Gasteiger partial charge in [0.05, 0.1) is 4.92 Å². The van der Waals surface area contributed by atoms with Gasteiger partial charge in [-0.3, -0.25) is 10.1 Å². The normalized spacial score (nSPS) is 8.54. The minimum absolute atomic E-state index is 0.00231. The average molecular weight is 204 g/mol. The quantitative estimate of drug-likeness (QED) is 0.561. The molecule has 0 bridgehead atoms. The number of nitrogens with two attached hydrogens (primary N) is 1. The number of nitrogen functional groups attached to an aromatic ring is 1. The van der Waals surface area contributed by atoms with Crippen molar-refractivity contribution in [2.75, 3.05) is 5.73 Å². The Labute approximate surface area is 80.7 Å². The second-order valence-electron chi connectivity index (χ2n) is 1.78. The molecule has 0 spiro atoms. The summed E-state index contributed by atoms with van der Waals surface area (Å²) in [6.07, 6.45) is 1.31. The first-order valence-electron chi connectivity index (χ1n) is 3.67. The molecule has 0 aliphatic carbocycles. The summed E-state index contributed by atoms with van der Waals surface area (Å²) >= 11 is 5.46. The second kappa shape index (κ2) is 5.31. The molecule has 0 fully saturated rings. The van der Waals surface area contributed by atoms with Gasteiger partial charge in [0.25, 0.3) is 0 Å². The Balaban J connectivity index is 0.000000671. The van der Waals surface area contributed by atoms with Gasteiger partial charge >= 0.3 is 5.69 Å². The van der Waals surface area contributed by atoms with Gasteiger partial charge in [0.2, 0.25) is 5.82 Å². The van der Waals surface area contributed by atoms with E-state index in [0.29, 0.717) is 0 Å². The highest BCUT2D eigenvalue weighted by Gasteiger charge is 2.16. The predicted octanol–water partition coefficient (Wildman–Crippen LogP) is 2.25. The second-order valence-corrected chi connectivity index (χ2v) is 2.19. The number of halogens is 1. The maximum atomic E-state index is 10.2. The summed E-state index contributed by atoms with van der Waals surface area (Å²) in [5, 5.41) is 10.2.